The van der Waals surface area contributed by atoms with Crippen molar-refractivity contribution in [3.8, 4) is 22.4 Å². The Bertz CT molecular complexity index is 1320. The van der Waals surface area contributed by atoms with E-state index in [-0.39, 0.29) is 5.82 Å². The van der Waals surface area contributed by atoms with E-state index in [2.05, 4.69) is 67.3 Å². The van der Waals surface area contributed by atoms with E-state index in [0.717, 1.165) is 47.1 Å². The van der Waals surface area contributed by atoms with Crippen molar-refractivity contribution in [2.75, 3.05) is 6.54 Å². The summed E-state index contributed by atoms with van der Waals surface area (Å²) in [6.45, 7) is 5.35. The molecule has 4 aromatic rings. The van der Waals surface area contributed by atoms with Gasteiger partial charge in [0.05, 0.1) is 11.4 Å². The van der Waals surface area contributed by atoms with Crippen LogP contribution in [0.3, 0.4) is 0 Å². The van der Waals surface area contributed by atoms with Gasteiger partial charge >= 0.3 is 0 Å². The summed E-state index contributed by atoms with van der Waals surface area (Å²) in [6, 6.07) is 15.2. The summed E-state index contributed by atoms with van der Waals surface area (Å²) < 4.78 is 19.4. The number of thiocarbonyl (C=S) groups is 1. The molecule has 2 aromatic heterocycles. The third-order valence-corrected chi connectivity index (χ3v) is 6.90. The van der Waals surface area contributed by atoms with Crippen LogP contribution in [0.1, 0.15) is 24.1 Å². The van der Waals surface area contributed by atoms with Gasteiger partial charge in [0.2, 0.25) is 0 Å². The molecular weight excluding hydrogens is 485 g/mol. The first kappa shape index (κ1) is 21.2. The Kier molecular flexibility index (Phi) is 5.74. The second kappa shape index (κ2) is 8.68. The molecule has 1 aliphatic heterocycles. The van der Waals surface area contributed by atoms with Crippen LogP contribution in [-0.2, 0) is 13.0 Å². The van der Waals surface area contributed by atoms with Crippen LogP contribution in [0.15, 0.2) is 71.9 Å². The molecule has 2 aromatic carbocycles. The van der Waals surface area contributed by atoms with E-state index in [0.29, 0.717) is 11.5 Å². The summed E-state index contributed by atoms with van der Waals surface area (Å²) >= 11 is 9.40. The van der Waals surface area contributed by atoms with E-state index in [1.165, 1.54) is 34.6 Å². The van der Waals surface area contributed by atoms with Gasteiger partial charge in [0.15, 0.2) is 0 Å². The lowest BCUT2D eigenvalue weighted by molar-refractivity contribution is 0.628. The SMILES string of the molecule is C=CCNC(=S)c1c(-c2ccc(F)cc2)c2c3n(c(-c4ccc(Br)cc4)cn13)CCCC2. The fraction of sp³-hybridized carbons (Fsp3) is 0.192. The fourth-order valence-corrected chi connectivity index (χ4v) is 5.18. The van der Waals surface area contributed by atoms with Gasteiger partial charge in [0.1, 0.15) is 16.5 Å². The number of aryl methyl sites for hydroxylation is 2. The summed E-state index contributed by atoms with van der Waals surface area (Å²) in [5.41, 5.74) is 7.84. The van der Waals surface area contributed by atoms with Crippen LogP contribution in [0.4, 0.5) is 4.39 Å². The Morgan fingerprint density at radius 1 is 1.09 bits per heavy atom. The smallest absolute Gasteiger partial charge is 0.124 e. The minimum atomic E-state index is -0.237. The van der Waals surface area contributed by atoms with Gasteiger partial charge in [0, 0.05) is 34.9 Å². The molecule has 0 saturated heterocycles. The van der Waals surface area contributed by atoms with Crippen LogP contribution >= 0.6 is 28.1 Å². The van der Waals surface area contributed by atoms with Crippen molar-refractivity contribution in [1.29, 1.82) is 0 Å². The van der Waals surface area contributed by atoms with Gasteiger partial charge in [-0.25, -0.2) is 4.39 Å². The van der Waals surface area contributed by atoms with E-state index < -0.39 is 0 Å². The number of aromatic nitrogens is 2. The number of hydrogen-bond acceptors (Lipinski definition) is 1. The molecule has 0 unspecified atom stereocenters. The molecule has 0 aliphatic carbocycles. The Labute approximate surface area is 200 Å². The summed E-state index contributed by atoms with van der Waals surface area (Å²) in [5.74, 6) is -0.237. The highest BCUT2D eigenvalue weighted by atomic mass is 79.9. The van der Waals surface area contributed by atoms with E-state index in [9.17, 15) is 4.39 Å². The second-order valence-corrected chi connectivity index (χ2v) is 9.36. The number of benzene rings is 2. The summed E-state index contributed by atoms with van der Waals surface area (Å²) in [4.78, 5) is 0.672. The minimum Gasteiger partial charge on any atom is -0.371 e. The molecule has 0 amide bonds. The van der Waals surface area contributed by atoms with Crippen molar-refractivity contribution >= 4 is 38.8 Å². The molecule has 0 radical (unpaired) electrons. The lowest BCUT2D eigenvalue weighted by atomic mass is 9.98. The van der Waals surface area contributed by atoms with Gasteiger partial charge < -0.3 is 9.88 Å². The van der Waals surface area contributed by atoms with Gasteiger partial charge in [-0.15, -0.1) is 6.58 Å². The standard InChI is InChI=1S/C26H23BrFN3S/c1-2-14-29-25(32)24-23(18-8-12-20(28)13-9-18)21-5-3-4-15-30-22(16-31(24)26(21)30)17-6-10-19(27)11-7-17/h2,6-13,16H,1,3-5,14-15H2,(H,29,32). The molecule has 0 atom stereocenters. The maximum absolute atomic E-state index is 13.7. The van der Waals surface area contributed by atoms with Crippen LogP contribution in [0.2, 0.25) is 0 Å². The molecular formula is C26H23BrFN3S. The molecule has 1 aliphatic rings. The van der Waals surface area contributed by atoms with Crippen molar-refractivity contribution in [3.63, 3.8) is 0 Å². The third kappa shape index (κ3) is 3.61. The zero-order valence-corrected chi connectivity index (χ0v) is 20.0. The monoisotopic (exact) mass is 507 g/mol. The zero-order valence-electron chi connectivity index (χ0n) is 17.6. The summed E-state index contributed by atoms with van der Waals surface area (Å²) in [5, 5.41) is 3.31. The first-order valence-electron chi connectivity index (χ1n) is 10.8. The Hall–Kier alpha value is -2.70. The molecule has 162 valence electrons. The van der Waals surface area contributed by atoms with Crippen molar-refractivity contribution in [1.82, 2.24) is 14.3 Å². The quantitative estimate of drug-likeness (QED) is 0.238. The zero-order chi connectivity index (χ0) is 22.2. The number of imidazole rings is 1. The van der Waals surface area contributed by atoms with Crippen LogP contribution in [0.25, 0.3) is 28.0 Å². The lowest BCUT2D eigenvalue weighted by Gasteiger charge is -2.11. The van der Waals surface area contributed by atoms with Gasteiger partial charge in [-0.05, 0) is 54.7 Å². The van der Waals surface area contributed by atoms with Crippen LogP contribution in [0, 0.1) is 5.82 Å². The van der Waals surface area contributed by atoms with Gasteiger partial charge in [-0.1, -0.05) is 58.5 Å². The maximum atomic E-state index is 13.7. The molecule has 0 spiro atoms. The first-order chi connectivity index (χ1) is 15.6. The highest BCUT2D eigenvalue weighted by molar-refractivity contribution is 9.10. The maximum Gasteiger partial charge on any atom is 0.124 e. The molecule has 0 bridgehead atoms. The van der Waals surface area contributed by atoms with Gasteiger partial charge in [-0.3, -0.25) is 4.40 Å². The van der Waals surface area contributed by atoms with E-state index in [1.807, 2.05) is 12.1 Å². The summed E-state index contributed by atoms with van der Waals surface area (Å²) in [6.07, 6.45) is 7.17. The number of nitrogens with zero attached hydrogens (tertiary/aromatic N) is 2. The van der Waals surface area contributed by atoms with E-state index >= 15 is 0 Å². The lowest BCUT2D eigenvalue weighted by Crippen LogP contribution is -2.24. The predicted molar refractivity (Wildman–Crippen MR) is 137 cm³/mol. The third-order valence-electron chi connectivity index (χ3n) is 6.03. The Morgan fingerprint density at radius 2 is 1.81 bits per heavy atom. The Morgan fingerprint density at radius 3 is 2.53 bits per heavy atom. The molecule has 32 heavy (non-hydrogen) atoms. The highest BCUT2D eigenvalue weighted by Gasteiger charge is 2.28. The number of nitrogens with one attached hydrogen (secondary N) is 1. The van der Waals surface area contributed by atoms with Crippen LogP contribution < -0.4 is 5.32 Å². The molecule has 5 rings (SSSR count). The van der Waals surface area contributed by atoms with Crippen molar-refractivity contribution < 1.29 is 4.39 Å². The normalized spacial score (nSPS) is 13.2. The highest BCUT2D eigenvalue weighted by Crippen LogP contribution is 2.39. The van der Waals surface area contributed by atoms with Gasteiger partial charge in [0.25, 0.3) is 0 Å². The largest absolute Gasteiger partial charge is 0.371 e. The predicted octanol–water partition coefficient (Wildman–Crippen LogP) is 6.76. The van der Waals surface area contributed by atoms with E-state index in [1.54, 1.807) is 6.08 Å². The molecule has 3 nitrogen and oxygen atoms in total. The van der Waals surface area contributed by atoms with E-state index in [4.69, 9.17) is 12.2 Å². The molecule has 0 fully saturated rings. The number of halogens is 2. The van der Waals surface area contributed by atoms with Crippen molar-refractivity contribution in [3.05, 3.63) is 88.9 Å². The van der Waals surface area contributed by atoms with Crippen LogP contribution in [-0.4, -0.2) is 20.5 Å². The fourth-order valence-electron chi connectivity index (χ4n) is 4.64. The molecule has 1 N–H and O–H groups in total. The topological polar surface area (TPSA) is 21.4 Å². The second-order valence-electron chi connectivity index (χ2n) is 8.03. The van der Waals surface area contributed by atoms with Crippen LogP contribution in [0.5, 0.6) is 0 Å². The van der Waals surface area contributed by atoms with Gasteiger partial charge in [-0.2, -0.15) is 0 Å². The van der Waals surface area contributed by atoms with Crippen molar-refractivity contribution in [2.24, 2.45) is 0 Å². The van der Waals surface area contributed by atoms with Crippen molar-refractivity contribution in [2.45, 2.75) is 25.8 Å². The number of hydrogen-bond donors (Lipinski definition) is 1. The summed E-state index contributed by atoms with van der Waals surface area (Å²) in [7, 11) is 0. The molecule has 3 heterocycles. The molecule has 0 saturated carbocycles. The average molecular weight is 508 g/mol. The Balaban J connectivity index is 1.81. The first-order valence-corrected chi connectivity index (χ1v) is 12.0. The average Bonchev–Trinajstić information content (AvgIpc) is 3.21. The molecule has 6 heteroatoms. The minimum absolute atomic E-state index is 0.237. The number of rotatable bonds is 5.